The molecule has 4 aromatic carbocycles. The molecule has 1 atom stereocenters. The molecular formula is C35H37Cl2N3O4S. The van der Waals surface area contributed by atoms with Crippen LogP contribution >= 0.6 is 23.2 Å². The van der Waals surface area contributed by atoms with Crippen LogP contribution < -0.4 is 9.62 Å². The maximum atomic E-state index is 14.6. The van der Waals surface area contributed by atoms with Crippen LogP contribution in [0.3, 0.4) is 0 Å². The van der Waals surface area contributed by atoms with Gasteiger partial charge in [0.15, 0.2) is 0 Å². The van der Waals surface area contributed by atoms with E-state index in [0.29, 0.717) is 21.2 Å². The van der Waals surface area contributed by atoms with Gasteiger partial charge in [0.2, 0.25) is 11.8 Å². The lowest BCUT2D eigenvalue weighted by molar-refractivity contribution is -0.140. The largest absolute Gasteiger partial charge is 0.352 e. The molecule has 1 N–H and O–H groups in total. The lowest BCUT2D eigenvalue weighted by atomic mass is 10.0. The van der Waals surface area contributed by atoms with Gasteiger partial charge in [-0.2, -0.15) is 0 Å². The first-order valence-corrected chi connectivity index (χ1v) is 16.8. The maximum absolute atomic E-state index is 14.6. The molecule has 0 aliphatic heterocycles. The molecule has 2 amide bonds. The quantitative estimate of drug-likeness (QED) is 0.177. The second kappa shape index (κ2) is 15.0. The van der Waals surface area contributed by atoms with Crippen LogP contribution in [0.1, 0.15) is 36.1 Å². The number of sulfonamides is 1. The summed E-state index contributed by atoms with van der Waals surface area (Å²) in [6.07, 6.45) is 0.205. The summed E-state index contributed by atoms with van der Waals surface area (Å²) in [5.41, 5.74) is 3.23. The van der Waals surface area contributed by atoms with E-state index in [2.05, 4.69) is 5.32 Å². The zero-order valence-corrected chi connectivity index (χ0v) is 28.0. The predicted octanol–water partition coefficient (Wildman–Crippen LogP) is 6.97. The fraction of sp³-hybridized carbons (Fsp3) is 0.257. The first-order chi connectivity index (χ1) is 21.4. The van der Waals surface area contributed by atoms with Crippen molar-refractivity contribution in [2.24, 2.45) is 0 Å². The minimum Gasteiger partial charge on any atom is -0.352 e. The lowest BCUT2D eigenvalue weighted by Crippen LogP contribution is -2.54. The van der Waals surface area contributed by atoms with Crippen LogP contribution in [0.2, 0.25) is 10.0 Å². The molecule has 7 nitrogen and oxygen atoms in total. The summed E-state index contributed by atoms with van der Waals surface area (Å²) in [4.78, 5) is 29.8. The third-order valence-corrected chi connectivity index (χ3v) is 9.71. The van der Waals surface area contributed by atoms with Crippen LogP contribution in [0.25, 0.3) is 0 Å². The third-order valence-electron chi connectivity index (χ3n) is 7.33. The van der Waals surface area contributed by atoms with E-state index >= 15 is 0 Å². The van der Waals surface area contributed by atoms with Gasteiger partial charge in [0.05, 0.1) is 10.6 Å². The van der Waals surface area contributed by atoms with Gasteiger partial charge in [-0.15, -0.1) is 0 Å². The molecule has 10 heteroatoms. The fourth-order valence-electron chi connectivity index (χ4n) is 4.95. The number of halogens is 2. The summed E-state index contributed by atoms with van der Waals surface area (Å²) in [5.74, 6) is -0.939. The minimum absolute atomic E-state index is 0.0194. The molecule has 0 unspecified atom stereocenters. The zero-order valence-electron chi connectivity index (χ0n) is 25.7. The molecule has 0 aliphatic rings. The number of rotatable bonds is 12. The molecule has 0 heterocycles. The number of nitrogens with one attached hydrogen (secondary N) is 1. The van der Waals surface area contributed by atoms with Crippen LogP contribution in [-0.2, 0) is 32.6 Å². The topological polar surface area (TPSA) is 86.8 Å². The van der Waals surface area contributed by atoms with Gasteiger partial charge < -0.3 is 10.2 Å². The van der Waals surface area contributed by atoms with E-state index < -0.39 is 28.5 Å². The van der Waals surface area contributed by atoms with Crippen LogP contribution in [0.15, 0.2) is 102 Å². The standard InChI is InChI=1S/C35H37Cl2N3O4S/c1-24(2)38-35(42)33(20-27-10-6-5-7-11-27)39(22-28-12-8-9-13-31(28)37)34(41)23-40(32-21-29(36)17-16-26(32)4)45(43,44)30-18-14-25(3)15-19-30/h5-19,21,24,33H,20,22-23H2,1-4H3,(H,38,42)/t33-/m1/s1. The normalized spacial score (nSPS) is 12.1. The molecule has 0 aliphatic carbocycles. The van der Waals surface area contributed by atoms with Crippen molar-refractivity contribution < 1.29 is 18.0 Å². The van der Waals surface area contributed by atoms with Gasteiger partial charge in [0.25, 0.3) is 10.0 Å². The first kappa shape index (κ1) is 34.0. The van der Waals surface area contributed by atoms with Crippen LogP contribution in [0.4, 0.5) is 5.69 Å². The summed E-state index contributed by atoms with van der Waals surface area (Å²) in [6, 6.07) is 26.6. The van der Waals surface area contributed by atoms with Crippen molar-refractivity contribution in [2.45, 2.75) is 57.6 Å². The second-order valence-corrected chi connectivity index (χ2v) is 13.9. The molecule has 4 aromatic rings. The Balaban J connectivity index is 1.84. The van der Waals surface area contributed by atoms with E-state index in [4.69, 9.17) is 23.2 Å². The molecule has 0 bridgehead atoms. The number of carbonyl (C=O) groups excluding carboxylic acids is 2. The van der Waals surface area contributed by atoms with Crippen LogP contribution in [-0.4, -0.2) is 43.8 Å². The highest BCUT2D eigenvalue weighted by atomic mass is 35.5. The average molecular weight is 667 g/mol. The number of nitrogens with zero attached hydrogens (tertiary/aromatic N) is 2. The van der Waals surface area contributed by atoms with Crippen molar-refractivity contribution in [3.63, 3.8) is 0 Å². The summed E-state index contributed by atoms with van der Waals surface area (Å²) in [7, 11) is -4.24. The van der Waals surface area contributed by atoms with E-state index in [0.717, 1.165) is 15.4 Å². The number of carbonyl (C=O) groups is 2. The Kier molecular flexibility index (Phi) is 11.3. The van der Waals surface area contributed by atoms with Crippen LogP contribution in [0.5, 0.6) is 0 Å². The Morgan fingerprint density at radius 2 is 1.49 bits per heavy atom. The van der Waals surface area contributed by atoms with Gasteiger partial charge in [-0.3, -0.25) is 13.9 Å². The Morgan fingerprint density at radius 3 is 2.13 bits per heavy atom. The molecule has 0 saturated heterocycles. The zero-order chi connectivity index (χ0) is 32.7. The van der Waals surface area contributed by atoms with Crippen molar-refractivity contribution in [2.75, 3.05) is 10.8 Å². The molecular weight excluding hydrogens is 629 g/mol. The number of benzene rings is 4. The highest BCUT2D eigenvalue weighted by Gasteiger charge is 2.35. The smallest absolute Gasteiger partial charge is 0.264 e. The van der Waals surface area contributed by atoms with Gasteiger partial charge in [0.1, 0.15) is 12.6 Å². The summed E-state index contributed by atoms with van der Waals surface area (Å²) < 4.78 is 29.5. The van der Waals surface area contributed by atoms with Crippen LogP contribution in [0, 0.1) is 13.8 Å². The van der Waals surface area contributed by atoms with Crippen molar-refractivity contribution in [3.8, 4) is 0 Å². The number of hydrogen-bond donors (Lipinski definition) is 1. The second-order valence-electron chi connectivity index (χ2n) is 11.2. The van der Waals surface area contributed by atoms with Crippen molar-refractivity contribution in [3.05, 3.63) is 129 Å². The highest BCUT2D eigenvalue weighted by Crippen LogP contribution is 2.30. The Bertz CT molecular complexity index is 1750. The predicted molar refractivity (Wildman–Crippen MR) is 181 cm³/mol. The van der Waals surface area contributed by atoms with E-state index in [1.807, 2.05) is 51.1 Å². The molecule has 0 aromatic heterocycles. The number of amides is 2. The van der Waals surface area contributed by atoms with Crippen molar-refractivity contribution in [1.29, 1.82) is 0 Å². The molecule has 0 radical (unpaired) electrons. The SMILES string of the molecule is Cc1ccc(S(=O)(=O)N(CC(=O)N(Cc2ccccc2Cl)[C@H](Cc2ccccc2)C(=O)NC(C)C)c2cc(Cl)ccc2C)cc1. The number of anilines is 1. The Hall–Kier alpha value is -3.85. The fourth-order valence-corrected chi connectivity index (χ4v) is 6.78. The Labute approximate surface area is 275 Å². The molecule has 0 saturated carbocycles. The van der Waals surface area contributed by atoms with Gasteiger partial charge in [-0.25, -0.2) is 8.42 Å². The maximum Gasteiger partial charge on any atom is 0.264 e. The third kappa shape index (κ3) is 8.66. The van der Waals surface area contributed by atoms with Gasteiger partial charge >= 0.3 is 0 Å². The molecule has 45 heavy (non-hydrogen) atoms. The molecule has 236 valence electrons. The summed E-state index contributed by atoms with van der Waals surface area (Å²) in [5, 5.41) is 3.69. The highest BCUT2D eigenvalue weighted by molar-refractivity contribution is 7.92. The van der Waals surface area contributed by atoms with E-state index in [-0.39, 0.29) is 35.5 Å². The van der Waals surface area contributed by atoms with E-state index in [1.54, 1.807) is 55.5 Å². The monoisotopic (exact) mass is 665 g/mol. The number of aryl methyl sites for hydroxylation is 2. The van der Waals surface area contributed by atoms with Gasteiger partial charge in [0, 0.05) is 29.1 Å². The molecule has 0 spiro atoms. The van der Waals surface area contributed by atoms with Crippen molar-refractivity contribution in [1.82, 2.24) is 10.2 Å². The van der Waals surface area contributed by atoms with E-state index in [9.17, 15) is 18.0 Å². The van der Waals surface area contributed by atoms with E-state index in [1.165, 1.54) is 23.1 Å². The Morgan fingerprint density at radius 1 is 0.844 bits per heavy atom. The minimum atomic E-state index is -4.24. The van der Waals surface area contributed by atoms with Gasteiger partial charge in [-0.1, -0.05) is 95.5 Å². The van der Waals surface area contributed by atoms with Gasteiger partial charge in [-0.05, 0) is 74.7 Å². The number of hydrogen-bond acceptors (Lipinski definition) is 4. The first-order valence-electron chi connectivity index (χ1n) is 14.6. The molecule has 0 fully saturated rings. The summed E-state index contributed by atoms with van der Waals surface area (Å²) >= 11 is 12.9. The summed E-state index contributed by atoms with van der Waals surface area (Å²) in [6.45, 7) is 6.70. The molecule has 4 rings (SSSR count). The lowest BCUT2D eigenvalue weighted by Gasteiger charge is -2.34. The van der Waals surface area contributed by atoms with Crippen molar-refractivity contribution >= 4 is 50.7 Å². The average Bonchev–Trinajstić information content (AvgIpc) is 3.00.